The van der Waals surface area contributed by atoms with Gasteiger partial charge in [0.15, 0.2) is 5.76 Å². The molecule has 0 unspecified atom stereocenters. The minimum atomic E-state index is -4.67. The number of hydrogen-bond acceptors (Lipinski definition) is 6. The molecular formula is C22H14BrClF3N3O4S. The zero-order chi connectivity index (χ0) is 25.5. The maximum absolute atomic E-state index is 13.2. The molecule has 3 aromatic heterocycles. The van der Waals surface area contributed by atoms with Crippen LogP contribution in [-0.4, -0.2) is 16.8 Å². The van der Waals surface area contributed by atoms with Crippen LogP contribution >= 0.6 is 38.9 Å². The third-order valence-electron chi connectivity index (χ3n) is 4.76. The zero-order valence-electron chi connectivity index (χ0n) is 17.6. The van der Waals surface area contributed by atoms with Crippen molar-refractivity contribution in [3.05, 3.63) is 73.5 Å². The highest BCUT2D eigenvalue weighted by Crippen LogP contribution is 2.40. The van der Waals surface area contributed by atoms with Gasteiger partial charge in [0.05, 0.1) is 10.7 Å². The Bertz CT molecular complexity index is 1470. The van der Waals surface area contributed by atoms with Gasteiger partial charge < -0.3 is 20.2 Å². The summed E-state index contributed by atoms with van der Waals surface area (Å²) in [5, 5.41) is 3.09. The Kier molecular flexibility index (Phi) is 6.80. The van der Waals surface area contributed by atoms with Gasteiger partial charge in [-0.1, -0.05) is 27.5 Å². The normalized spacial score (nSPS) is 11.6. The second-order valence-electron chi connectivity index (χ2n) is 7.26. The second-order valence-corrected chi connectivity index (χ2v) is 9.58. The number of alkyl halides is 3. The van der Waals surface area contributed by atoms with E-state index in [9.17, 15) is 22.8 Å². The molecule has 0 bridgehead atoms. The van der Waals surface area contributed by atoms with E-state index in [2.05, 4.69) is 26.2 Å². The predicted molar refractivity (Wildman–Crippen MR) is 128 cm³/mol. The molecule has 3 N–H and O–H groups in total. The lowest BCUT2D eigenvalue weighted by atomic mass is 10.1. The van der Waals surface area contributed by atoms with E-state index in [4.69, 9.17) is 26.5 Å². The van der Waals surface area contributed by atoms with Crippen molar-refractivity contribution in [2.45, 2.75) is 19.7 Å². The van der Waals surface area contributed by atoms with Crippen LogP contribution in [0.25, 0.3) is 10.2 Å². The fourth-order valence-electron chi connectivity index (χ4n) is 3.21. The summed E-state index contributed by atoms with van der Waals surface area (Å²) in [7, 11) is 0. The molecule has 0 radical (unpaired) electrons. The first-order valence-electron chi connectivity index (χ1n) is 9.73. The Morgan fingerprint density at radius 2 is 2.00 bits per heavy atom. The van der Waals surface area contributed by atoms with Crippen LogP contribution in [0, 0.1) is 6.92 Å². The van der Waals surface area contributed by atoms with Crippen LogP contribution < -0.4 is 15.8 Å². The number of nitrogens with one attached hydrogen (secondary N) is 1. The smallest absolute Gasteiger partial charge is 0.433 e. The van der Waals surface area contributed by atoms with E-state index in [0.717, 1.165) is 10.5 Å². The topological polar surface area (TPSA) is 107 Å². The van der Waals surface area contributed by atoms with E-state index in [0.29, 0.717) is 27.9 Å². The molecule has 1 aromatic carbocycles. The number of furan rings is 1. The molecule has 182 valence electrons. The van der Waals surface area contributed by atoms with E-state index in [1.165, 1.54) is 19.1 Å². The Morgan fingerprint density at radius 3 is 2.66 bits per heavy atom. The molecule has 7 nitrogen and oxygen atoms in total. The SMILES string of the molecule is Cc1cc(C(F)(F)F)nc2sc(C(N)=O)c(NC(=O)c3ccc(COc4ccc(Br)cc4Cl)o3)c12. The Morgan fingerprint density at radius 1 is 1.26 bits per heavy atom. The number of pyridine rings is 1. The van der Waals surface area contributed by atoms with Gasteiger partial charge in [0.1, 0.15) is 33.5 Å². The molecule has 13 heteroatoms. The number of ether oxygens (including phenoxy) is 1. The number of thiophene rings is 1. The van der Waals surface area contributed by atoms with Crippen molar-refractivity contribution in [3.8, 4) is 5.75 Å². The summed E-state index contributed by atoms with van der Waals surface area (Å²) in [6, 6.07) is 8.82. The van der Waals surface area contributed by atoms with E-state index < -0.39 is 23.7 Å². The number of benzene rings is 1. The quantitative estimate of drug-likeness (QED) is 0.265. The third kappa shape index (κ3) is 5.29. The van der Waals surface area contributed by atoms with Crippen LogP contribution in [-0.2, 0) is 12.8 Å². The first-order valence-corrected chi connectivity index (χ1v) is 11.7. The molecule has 3 heterocycles. The van der Waals surface area contributed by atoms with Crippen molar-refractivity contribution < 1.29 is 31.9 Å². The van der Waals surface area contributed by atoms with Gasteiger partial charge in [0.25, 0.3) is 11.8 Å². The predicted octanol–water partition coefficient (Wildman–Crippen LogP) is 6.56. The number of carbonyl (C=O) groups excluding carboxylic acids is 2. The molecule has 0 fully saturated rings. The molecule has 4 aromatic rings. The van der Waals surface area contributed by atoms with Crippen molar-refractivity contribution in [1.29, 1.82) is 0 Å². The van der Waals surface area contributed by atoms with E-state index in [1.54, 1.807) is 18.2 Å². The first kappa shape index (κ1) is 25.0. The Labute approximate surface area is 213 Å². The van der Waals surface area contributed by atoms with E-state index >= 15 is 0 Å². The number of nitrogens with zero attached hydrogens (tertiary/aromatic N) is 1. The van der Waals surface area contributed by atoms with Crippen LogP contribution in [0.1, 0.15) is 37.2 Å². The molecule has 0 aliphatic heterocycles. The summed E-state index contributed by atoms with van der Waals surface area (Å²) in [5.41, 5.74) is 4.43. The molecule has 4 rings (SSSR count). The fraction of sp³-hybridized carbons (Fsp3) is 0.136. The van der Waals surface area contributed by atoms with Gasteiger partial charge >= 0.3 is 6.18 Å². The molecule has 2 amide bonds. The fourth-order valence-corrected chi connectivity index (χ4v) is 5.00. The monoisotopic (exact) mass is 587 g/mol. The summed E-state index contributed by atoms with van der Waals surface area (Å²) in [4.78, 5) is 28.2. The Balaban J connectivity index is 1.58. The molecule has 35 heavy (non-hydrogen) atoms. The van der Waals surface area contributed by atoms with Crippen LogP contribution in [0.15, 0.2) is 45.3 Å². The lowest BCUT2D eigenvalue weighted by Crippen LogP contribution is -2.16. The minimum absolute atomic E-state index is 0.0220. The maximum atomic E-state index is 13.2. The van der Waals surface area contributed by atoms with Gasteiger partial charge in [-0.2, -0.15) is 13.2 Å². The largest absolute Gasteiger partial charge is 0.484 e. The third-order valence-corrected chi connectivity index (χ3v) is 6.65. The van der Waals surface area contributed by atoms with Gasteiger partial charge in [0.2, 0.25) is 0 Å². The number of anilines is 1. The van der Waals surface area contributed by atoms with E-state index in [-0.39, 0.29) is 38.7 Å². The zero-order valence-corrected chi connectivity index (χ0v) is 20.8. The summed E-state index contributed by atoms with van der Waals surface area (Å²) in [6.45, 7) is 1.40. The van der Waals surface area contributed by atoms with Crippen molar-refractivity contribution in [2.75, 3.05) is 5.32 Å². The molecule has 0 saturated heterocycles. The highest BCUT2D eigenvalue weighted by molar-refractivity contribution is 9.10. The molecule has 0 saturated carbocycles. The highest BCUT2D eigenvalue weighted by atomic mass is 79.9. The number of primary amides is 1. The lowest BCUT2D eigenvalue weighted by molar-refractivity contribution is -0.141. The van der Waals surface area contributed by atoms with Crippen molar-refractivity contribution in [1.82, 2.24) is 4.98 Å². The molecular weight excluding hydrogens is 575 g/mol. The second kappa shape index (κ2) is 9.51. The minimum Gasteiger partial charge on any atom is -0.484 e. The van der Waals surface area contributed by atoms with Crippen molar-refractivity contribution in [3.63, 3.8) is 0 Å². The average Bonchev–Trinajstić information content (AvgIpc) is 3.38. The average molecular weight is 589 g/mol. The number of nitrogens with two attached hydrogens (primary N) is 1. The Hall–Kier alpha value is -3.09. The van der Waals surface area contributed by atoms with Crippen LogP contribution in [0.3, 0.4) is 0 Å². The number of carbonyl (C=O) groups is 2. The van der Waals surface area contributed by atoms with Gasteiger partial charge in [0, 0.05) is 9.86 Å². The molecule has 0 aliphatic carbocycles. The van der Waals surface area contributed by atoms with Gasteiger partial charge in [-0.15, -0.1) is 11.3 Å². The number of fused-ring (bicyclic) bond motifs is 1. The standard InChI is InChI=1S/C22H14BrClF3N3O4S/c1-9-6-15(22(25,26)27)29-21-16(9)17(18(35-21)19(28)31)30-20(32)14-5-3-11(34-14)8-33-13-4-2-10(23)7-12(13)24/h2-7H,8H2,1H3,(H2,28,31)(H,30,32). The number of hydrogen-bond donors (Lipinski definition) is 2. The van der Waals surface area contributed by atoms with Gasteiger partial charge in [-0.25, -0.2) is 4.98 Å². The lowest BCUT2D eigenvalue weighted by Gasteiger charge is -2.09. The number of amides is 2. The van der Waals surface area contributed by atoms with Gasteiger partial charge in [-0.3, -0.25) is 9.59 Å². The number of aromatic nitrogens is 1. The van der Waals surface area contributed by atoms with Crippen molar-refractivity contribution >= 4 is 66.6 Å². The van der Waals surface area contributed by atoms with E-state index in [1.807, 2.05) is 0 Å². The molecule has 0 aliphatic rings. The molecule has 0 atom stereocenters. The first-order chi connectivity index (χ1) is 16.4. The number of halogens is 5. The summed E-state index contributed by atoms with van der Waals surface area (Å²) >= 11 is 10.1. The number of rotatable bonds is 6. The summed E-state index contributed by atoms with van der Waals surface area (Å²) in [6.07, 6.45) is -4.67. The van der Waals surface area contributed by atoms with Crippen molar-refractivity contribution in [2.24, 2.45) is 5.73 Å². The van der Waals surface area contributed by atoms with Gasteiger partial charge in [-0.05, 0) is 48.9 Å². The van der Waals surface area contributed by atoms with Crippen LogP contribution in [0.4, 0.5) is 18.9 Å². The highest BCUT2D eigenvalue weighted by Gasteiger charge is 2.34. The van der Waals surface area contributed by atoms with Crippen LogP contribution in [0.2, 0.25) is 5.02 Å². The molecule has 0 spiro atoms. The maximum Gasteiger partial charge on any atom is 0.433 e. The summed E-state index contributed by atoms with van der Waals surface area (Å²) in [5.74, 6) is -1.05. The number of aryl methyl sites for hydroxylation is 1. The van der Waals surface area contributed by atoms with Crippen LogP contribution in [0.5, 0.6) is 5.75 Å². The summed E-state index contributed by atoms with van der Waals surface area (Å²) < 4.78 is 51.4.